The molecular formula is C17H17NO2. The molecule has 0 saturated carbocycles. The summed E-state index contributed by atoms with van der Waals surface area (Å²) in [6.45, 7) is 1.91. The van der Waals surface area contributed by atoms with Gasteiger partial charge in [0.25, 0.3) is 0 Å². The molecule has 0 aliphatic rings. The van der Waals surface area contributed by atoms with Gasteiger partial charge < -0.3 is 9.47 Å². The molecule has 2 aromatic rings. The average molecular weight is 267 g/mol. The first-order valence-corrected chi connectivity index (χ1v) is 6.34. The van der Waals surface area contributed by atoms with Crippen LogP contribution in [0.25, 0.3) is 0 Å². The lowest BCUT2D eigenvalue weighted by molar-refractivity contribution is 0.414. The van der Waals surface area contributed by atoms with E-state index < -0.39 is 5.41 Å². The molecule has 0 fully saturated rings. The number of nitriles is 1. The highest BCUT2D eigenvalue weighted by Gasteiger charge is 2.28. The molecule has 2 aromatic carbocycles. The summed E-state index contributed by atoms with van der Waals surface area (Å²) in [7, 11) is 3.25. The molecule has 0 bridgehead atoms. The van der Waals surface area contributed by atoms with Crippen LogP contribution >= 0.6 is 0 Å². The third kappa shape index (κ3) is 2.46. The van der Waals surface area contributed by atoms with Crippen LogP contribution in [0.15, 0.2) is 48.5 Å². The monoisotopic (exact) mass is 267 g/mol. The predicted molar refractivity (Wildman–Crippen MR) is 78.1 cm³/mol. The van der Waals surface area contributed by atoms with Crippen molar-refractivity contribution in [1.82, 2.24) is 0 Å². The first kappa shape index (κ1) is 14.0. The van der Waals surface area contributed by atoms with Crippen LogP contribution in [0.3, 0.4) is 0 Å². The van der Waals surface area contributed by atoms with Crippen LogP contribution in [0.1, 0.15) is 18.1 Å². The summed E-state index contributed by atoms with van der Waals surface area (Å²) >= 11 is 0. The normalized spacial score (nSPS) is 10.7. The van der Waals surface area contributed by atoms with E-state index in [1.165, 1.54) is 0 Å². The molecule has 0 aromatic heterocycles. The maximum absolute atomic E-state index is 9.63. The van der Waals surface area contributed by atoms with E-state index in [1.54, 1.807) is 14.2 Å². The maximum Gasteiger partial charge on any atom is 0.118 e. The van der Waals surface area contributed by atoms with Crippen LogP contribution in [-0.4, -0.2) is 14.2 Å². The molecule has 0 radical (unpaired) electrons. The van der Waals surface area contributed by atoms with Gasteiger partial charge in [-0.05, 0) is 42.3 Å². The molecular weight excluding hydrogens is 250 g/mol. The molecule has 0 aliphatic carbocycles. The summed E-state index contributed by atoms with van der Waals surface area (Å²) in [6, 6.07) is 17.6. The summed E-state index contributed by atoms with van der Waals surface area (Å²) < 4.78 is 10.3. The van der Waals surface area contributed by atoms with E-state index in [-0.39, 0.29) is 0 Å². The molecule has 0 aliphatic heterocycles. The molecule has 0 heterocycles. The van der Waals surface area contributed by atoms with Gasteiger partial charge in [-0.3, -0.25) is 0 Å². The lowest BCUT2D eigenvalue weighted by Gasteiger charge is -2.23. The van der Waals surface area contributed by atoms with Crippen molar-refractivity contribution >= 4 is 0 Å². The molecule has 3 nitrogen and oxygen atoms in total. The number of rotatable bonds is 4. The Balaban J connectivity index is 2.43. The Morgan fingerprint density at radius 1 is 0.800 bits per heavy atom. The summed E-state index contributed by atoms with van der Waals surface area (Å²) in [4.78, 5) is 0. The zero-order valence-electron chi connectivity index (χ0n) is 11.9. The lowest BCUT2D eigenvalue weighted by Crippen LogP contribution is -2.21. The fourth-order valence-corrected chi connectivity index (χ4v) is 2.14. The Bertz CT molecular complexity index is 561. The van der Waals surface area contributed by atoms with Crippen LogP contribution in [0.2, 0.25) is 0 Å². The average Bonchev–Trinajstić information content (AvgIpc) is 2.54. The molecule has 3 heteroatoms. The minimum atomic E-state index is -0.696. The molecule has 0 spiro atoms. The van der Waals surface area contributed by atoms with Gasteiger partial charge in [0.15, 0.2) is 0 Å². The molecule has 0 atom stereocenters. The smallest absolute Gasteiger partial charge is 0.118 e. The minimum Gasteiger partial charge on any atom is -0.497 e. The number of hydrogen-bond donors (Lipinski definition) is 0. The quantitative estimate of drug-likeness (QED) is 0.851. The third-order valence-corrected chi connectivity index (χ3v) is 3.56. The Morgan fingerprint density at radius 2 is 1.15 bits per heavy atom. The number of hydrogen-bond acceptors (Lipinski definition) is 3. The number of nitrogens with zero attached hydrogens (tertiary/aromatic N) is 1. The predicted octanol–water partition coefficient (Wildman–Crippen LogP) is 3.53. The van der Waals surface area contributed by atoms with Gasteiger partial charge >= 0.3 is 0 Å². The highest BCUT2D eigenvalue weighted by molar-refractivity contribution is 5.47. The van der Waals surface area contributed by atoms with Crippen molar-refractivity contribution in [3.63, 3.8) is 0 Å². The number of ether oxygens (including phenoxy) is 2. The highest BCUT2D eigenvalue weighted by atomic mass is 16.5. The molecule has 20 heavy (non-hydrogen) atoms. The Labute approximate surface area is 119 Å². The van der Waals surface area contributed by atoms with Crippen molar-refractivity contribution < 1.29 is 9.47 Å². The number of benzene rings is 2. The first-order valence-electron chi connectivity index (χ1n) is 6.34. The fraction of sp³-hybridized carbons (Fsp3) is 0.235. The van der Waals surface area contributed by atoms with Crippen LogP contribution in [0, 0.1) is 11.3 Å². The van der Waals surface area contributed by atoms with Crippen molar-refractivity contribution in [2.75, 3.05) is 14.2 Å². The number of methoxy groups -OCH3 is 2. The van der Waals surface area contributed by atoms with Crippen molar-refractivity contribution in [3.8, 4) is 17.6 Å². The second kappa shape index (κ2) is 5.66. The molecule has 0 N–H and O–H groups in total. The third-order valence-electron chi connectivity index (χ3n) is 3.56. The zero-order valence-corrected chi connectivity index (χ0v) is 11.9. The van der Waals surface area contributed by atoms with Crippen molar-refractivity contribution in [2.45, 2.75) is 12.3 Å². The zero-order chi connectivity index (χ0) is 14.6. The molecule has 0 amide bonds. The highest BCUT2D eigenvalue weighted by Crippen LogP contribution is 2.33. The van der Waals surface area contributed by atoms with E-state index in [2.05, 4.69) is 6.07 Å². The Kier molecular flexibility index (Phi) is 3.95. The Morgan fingerprint density at radius 3 is 1.40 bits per heavy atom. The molecule has 0 saturated heterocycles. The standard InChI is InChI=1S/C17H17NO2/c1-17(12-18,13-4-8-15(19-2)9-5-13)14-6-10-16(20-3)11-7-14/h4-11H,1-3H3. The van der Waals surface area contributed by atoms with E-state index in [9.17, 15) is 5.26 Å². The van der Waals surface area contributed by atoms with Gasteiger partial charge in [-0.1, -0.05) is 24.3 Å². The van der Waals surface area contributed by atoms with Gasteiger partial charge in [0.1, 0.15) is 16.9 Å². The van der Waals surface area contributed by atoms with E-state index in [0.717, 1.165) is 22.6 Å². The van der Waals surface area contributed by atoms with Crippen LogP contribution in [-0.2, 0) is 5.41 Å². The van der Waals surface area contributed by atoms with Gasteiger partial charge in [-0.25, -0.2) is 0 Å². The lowest BCUT2D eigenvalue weighted by atomic mass is 9.77. The largest absolute Gasteiger partial charge is 0.497 e. The van der Waals surface area contributed by atoms with Crippen LogP contribution in [0.5, 0.6) is 11.5 Å². The fourth-order valence-electron chi connectivity index (χ4n) is 2.14. The molecule has 0 unspecified atom stereocenters. The molecule has 102 valence electrons. The van der Waals surface area contributed by atoms with Crippen molar-refractivity contribution in [2.24, 2.45) is 0 Å². The van der Waals surface area contributed by atoms with E-state index in [0.29, 0.717) is 0 Å². The SMILES string of the molecule is COc1ccc(C(C)(C#N)c2ccc(OC)cc2)cc1. The van der Waals surface area contributed by atoms with Gasteiger partial charge in [0.05, 0.1) is 20.3 Å². The first-order chi connectivity index (χ1) is 9.63. The van der Waals surface area contributed by atoms with E-state index in [1.807, 2.05) is 55.5 Å². The summed E-state index contributed by atoms with van der Waals surface area (Å²) in [5, 5.41) is 9.63. The Hall–Kier alpha value is -2.47. The second-order valence-corrected chi connectivity index (χ2v) is 4.69. The second-order valence-electron chi connectivity index (χ2n) is 4.69. The van der Waals surface area contributed by atoms with Gasteiger partial charge in [0, 0.05) is 0 Å². The van der Waals surface area contributed by atoms with Crippen LogP contribution in [0.4, 0.5) is 0 Å². The molecule has 2 rings (SSSR count). The summed E-state index contributed by atoms with van der Waals surface area (Å²) in [5.74, 6) is 1.56. The summed E-state index contributed by atoms with van der Waals surface area (Å²) in [5.41, 5.74) is 1.18. The van der Waals surface area contributed by atoms with Crippen LogP contribution < -0.4 is 9.47 Å². The van der Waals surface area contributed by atoms with E-state index in [4.69, 9.17) is 9.47 Å². The van der Waals surface area contributed by atoms with Crippen molar-refractivity contribution in [1.29, 1.82) is 5.26 Å². The maximum atomic E-state index is 9.63. The topological polar surface area (TPSA) is 42.2 Å². The van der Waals surface area contributed by atoms with E-state index >= 15 is 0 Å². The van der Waals surface area contributed by atoms with Gasteiger partial charge in [0.2, 0.25) is 0 Å². The van der Waals surface area contributed by atoms with Crippen molar-refractivity contribution in [3.05, 3.63) is 59.7 Å². The minimum absolute atomic E-state index is 0.696. The van der Waals surface area contributed by atoms with Gasteiger partial charge in [-0.15, -0.1) is 0 Å². The summed E-state index contributed by atoms with van der Waals surface area (Å²) in [6.07, 6.45) is 0. The van der Waals surface area contributed by atoms with Gasteiger partial charge in [-0.2, -0.15) is 5.26 Å².